The van der Waals surface area contributed by atoms with E-state index in [2.05, 4.69) is 36.6 Å². The molecule has 3 heteroatoms. The van der Waals surface area contributed by atoms with Gasteiger partial charge in [-0.3, -0.25) is 0 Å². The van der Waals surface area contributed by atoms with Crippen LogP contribution in [-0.2, 0) is 32.7 Å². The molecule has 0 amide bonds. The molecule has 1 aromatic carbocycles. The van der Waals surface area contributed by atoms with Gasteiger partial charge in [0.1, 0.15) is 5.75 Å². The third kappa shape index (κ3) is 3.81. The SMILES string of the molecule is C=C1C=C[C-]=C(c2ccc(OCC)cc2)N1CC.[Y]. The van der Waals surface area contributed by atoms with Gasteiger partial charge >= 0.3 is 0 Å². The van der Waals surface area contributed by atoms with Crippen LogP contribution in [0.1, 0.15) is 19.4 Å². The van der Waals surface area contributed by atoms with E-state index >= 15 is 0 Å². The van der Waals surface area contributed by atoms with Crippen LogP contribution in [0.25, 0.3) is 5.70 Å². The molecular weight excluding hydrogens is 311 g/mol. The molecule has 97 valence electrons. The standard InChI is InChI=1S/C16H18NO.Y/c1-4-17-13(3)7-6-8-16(17)14-9-11-15(12-10-14)18-5-2;/h6-7,9-12H,3-5H2,1-2H3;/q-1;. The molecule has 1 aliphatic rings. The molecule has 2 nitrogen and oxygen atoms in total. The number of likely N-dealkylation sites (N-methyl/N-ethyl adjacent to an activating group) is 1. The van der Waals surface area contributed by atoms with Crippen molar-refractivity contribution in [1.29, 1.82) is 0 Å². The van der Waals surface area contributed by atoms with E-state index < -0.39 is 0 Å². The van der Waals surface area contributed by atoms with E-state index in [0.29, 0.717) is 6.61 Å². The first-order chi connectivity index (χ1) is 8.76. The van der Waals surface area contributed by atoms with E-state index in [9.17, 15) is 0 Å². The van der Waals surface area contributed by atoms with Gasteiger partial charge in [-0.2, -0.15) is 12.2 Å². The smallest absolute Gasteiger partial charge is 0.117 e. The fourth-order valence-electron chi connectivity index (χ4n) is 2.00. The summed E-state index contributed by atoms with van der Waals surface area (Å²) in [5.41, 5.74) is 3.19. The van der Waals surface area contributed by atoms with Crippen molar-refractivity contribution in [3.05, 3.63) is 60.3 Å². The van der Waals surface area contributed by atoms with Gasteiger partial charge < -0.3 is 9.64 Å². The van der Waals surface area contributed by atoms with Crippen LogP contribution in [0.5, 0.6) is 5.75 Å². The number of hydrogen-bond acceptors (Lipinski definition) is 2. The summed E-state index contributed by atoms with van der Waals surface area (Å²) >= 11 is 0. The summed E-state index contributed by atoms with van der Waals surface area (Å²) < 4.78 is 5.45. The van der Waals surface area contributed by atoms with E-state index in [0.717, 1.165) is 29.3 Å². The molecular formula is C16H18NOY-. The van der Waals surface area contributed by atoms with Crippen LogP contribution in [0.4, 0.5) is 0 Å². The first kappa shape index (κ1) is 16.2. The van der Waals surface area contributed by atoms with Crippen molar-refractivity contribution >= 4 is 5.70 Å². The van der Waals surface area contributed by atoms with E-state index in [1.165, 1.54) is 0 Å². The summed E-state index contributed by atoms with van der Waals surface area (Å²) in [6, 6.07) is 8.09. The maximum atomic E-state index is 5.45. The normalized spacial score (nSPS) is 13.9. The van der Waals surface area contributed by atoms with Crippen molar-refractivity contribution in [2.24, 2.45) is 0 Å². The van der Waals surface area contributed by atoms with Crippen molar-refractivity contribution in [2.75, 3.05) is 13.2 Å². The Kier molecular flexibility index (Phi) is 6.54. The zero-order chi connectivity index (χ0) is 13.0. The van der Waals surface area contributed by atoms with E-state index in [1.54, 1.807) is 0 Å². The number of rotatable bonds is 4. The Hall–Kier alpha value is -0.856. The van der Waals surface area contributed by atoms with Crippen molar-refractivity contribution in [1.82, 2.24) is 4.90 Å². The molecule has 0 unspecified atom stereocenters. The quantitative estimate of drug-likeness (QED) is 0.782. The number of ether oxygens (including phenoxy) is 1. The molecule has 1 aliphatic heterocycles. The van der Waals surface area contributed by atoms with E-state index in [-0.39, 0.29) is 32.7 Å². The minimum absolute atomic E-state index is 0. The third-order valence-corrected chi connectivity index (χ3v) is 2.87. The Labute approximate surface area is 140 Å². The Bertz CT molecular complexity index is 488. The summed E-state index contributed by atoms with van der Waals surface area (Å²) in [6.07, 6.45) is 7.17. The number of nitrogens with zero attached hydrogens (tertiary/aromatic N) is 1. The van der Waals surface area contributed by atoms with Crippen LogP contribution in [0.3, 0.4) is 0 Å². The van der Waals surface area contributed by atoms with Crippen LogP contribution < -0.4 is 4.74 Å². The van der Waals surface area contributed by atoms with Crippen molar-refractivity contribution in [3.8, 4) is 5.75 Å². The van der Waals surface area contributed by atoms with Gasteiger partial charge in [0.05, 0.1) is 6.61 Å². The summed E-state index contributed by atoms with van der Waals surface area (Å²) in [4.78, 5) is 2.15. The number of allylic oxidation sites excluding steroid dienone is 3. The first-order valence-corrected chi connectivity index (χ1v) is 6.26. The second kappa shape index (κ2) is 7.66. The molecule has 0 spiro atoms. The summed E-state index contributed by atoms with van der Waals surface area (Å²) in [5, 5.41) is 0. The van der Waals surface area contributed by atoms with Crippen LogP contribution in [0.2, 0.25) is 0 Å². The Morgan fingerprint density at radius 1 is 1.21 bits per heavy atom. The topological polar surface area (TPSA) is 12.5 Å². The van der Waals surface area contributed by atoms with Crippen molar-refractivity contribution < 1.29 is 37.4 Å². The predicted octanol–water partition coefficient (Wildman–Crippen LogP) is 3.63. The van der Waals surface area contributed by atoms with Crippen LogP contribution in [0.15, 0.2) is 48.7 Å². The largest absolute Gasteiger partial charge is 0.494 e. The van der Waals surface area contributed by atoms with Crippen molar-refractivity contribution in [3.63, 3.8) is 0 Å². The monoisotopic (exact) mass is 329 g/mol. The molecule has 0 aliphatic carbocycles. The maximum absolute atomic E-state index is 5.45. The second-order valence-corrected chi connectivity index (χ2v) is 4.02. The van der Waals surface area contributed by atoms with Crippen LogP contribution >= 0.6 is 0 Å². The van der Waals surface area contributed by atoms with Gasteiger partial charge in [-0.25, -0.2) is 0 Å². The zero-order valence-electron chi connectivity index (χ0n) is 11.5. The maximum Gasteiger partial charge on any atom is 0.117 e. The number of benzene rings is 1. The first-order valence-electron chi connectivity index (χ1n) is 6.26. The van der Waals surface area contributed by atoms with Gasteiger partial charge in [0.2, 0.25) is 0 Å². The van der Waals surface area contributed by atoms with Gasteiger partial charge in [-0.05, 0) is 31.7 Å². The Morgan fingerprint density at radius 3 is 2.47 bits per heavy atom. The van der Waals surface area contributed by atoms with Gasteiger partial charge in [-0.15, -0.1) is 18.2 Å². The zero-order valence-corrected chi connectivity index (χ0v) is 14.4. The fraction of sp³-hybridized carbons (Fsp3) is 0.250. The second-order valence-electron chi connectivity index (χ2n) is 4.02. The summed E-state index contributed by atoms with van der Waals surface area (Å²) in [7, 11) is 0. The molecule has 19 heavy (non-hydrogen) atoms. The molecule has 2 rings (SSSR count). The minimum atomic E-state index is 0. The molecule has 0 saturated carbocycles. The molecule has 0 bridgehead atoms. The predicted molar refractivity (Wildman–Crippen MR) is 74.9 cm³/mol. The Morgan fingerprint density at radius 2 is 1.89 bits per heavy atom. The third-order valence-electron chi connectivity index (χ3n) is 2.87. The fourth-order valence-corrected chi connectivity index (χ4v) is 2.00. The van der Waals surface area contributed by atoms with Crippen LogP contribution in [-0.4, -0.2) is 18.1 Å². The van der Waals surface area contributed by atoms with E-state index in [1.807, 2.05) is 31.2 Å². The van der Waals surface area contributed by atoms with Gasteiger partial charge in [0.25, 0.3) is 0 Å². The molecule has 0 N–H and O–H groups in total. The minimum Gasteiger partial charge on any atom is -0.494 e. The average Bonchev–Trinajstić information content (AvgIpc) is 2.40. The molecule has 0 saturated heterocycles. The average molecular weight is 329 g/mol. The van der Waals surface area contributed by atoms with Gasteiger partial charge in [0.15, 0.2) is 0 Å². The van der Waals surface area contributed by atoms with Gasteiger partial charge in [0, 0.05) is 39.3 Å². The van der Waals surface area contributed by atoms with Crippen LogP contribution in [0, 0.1) is 6.08 Å². The molecule has 0 fully saturated rings. The van der Waals surface area contributed by atoms with Crippen molar-refractivity contribution in [2.45, 2.75) is 13.8 Å². The number of hydrogen-bond donors (Lipinski definition) is 0. The molecule has 0 aromatic heterocycles. The molecule has 1 heterocycles. The van der Waals surface area contributed by atoms with E-state index in [4.69, 9.17) is 4.74 Å². The summed E-state index contributed by atoms with van der Waals surface area (Å²) in [6.45, 7) is 9.72. The summed E-state index contributed by atoms with van der Waals surface area (Å²) in [5.74, 6) is 0.898. The van der Waals surface area contributed by atoms with Gasteiger partial charge in [-0.1, -0.05) is 17.8 Å². The molecule has 1 aromatic rings. The molecule has 1 radical (unpaired) electrons. The molecule has 0 atom stereocenters. The Balaban J connectivity index is 0.00000180.